The molecule has 2 aliphatic rings. The molecule has 10 heteroatoms. The largest absolute Gasteiger partial charge is 0.469 e. The maximum absolute atomic E-state index is 11.9. The Bertz CT molecular complexity index is 2420. The number of rotatable bonds is 8. The van der Waals surface area contributed by atoms with Crippen LogP contribution in [0.25, 0.3) is 0 Å². The Morgan fingerprint density at radius 2 is 1.10 bits per heavy atom. The van der Waals surface area contributed by atoms with E-state index in [0.717, 1.165) is 47.1 Å². The van der Waals surface area contributed by atoms with Crippen LogP contribution in [0.4, 0.5) is 0 Å². The maximum atomic E-state index is 11.9. The molecule has 4 atom stereocenters. The van der Waals surface area contributed by atoms with Crippen molar-refractivity contribution in [2.75, 3.05) is 14.2 Å². The zero-order valence-electron chi connectivity index (χ0n) is 33.2. The summed E-state index contributed by atoms with van der Waals surface area (Å²) in [5.41, 5.74) is 9.28. The summed E-state index contributed by atoms with van der Waals surface area (Å²) in [6.45, 7) is 0. The molecule has 0 aromatic heterocycles. The first kappa shape index (κ1) is 53.5. The maximum Gasteiger partial charge on any atom is 0.305 e. The van der Waals surface area contributed by atoms with Gasteiger partial charge in [-0.3, -0.25) is 9.59 Å². The number of methoxy groups -OCH3 is 1. The average Bonchev–Trinajstić information content (AvgIpc) is 3.27. The molecule has 0 radical (unpaired) electrons. The van der Waals surface area contributed by atoms with Crippen LogP contribution in [0.15, 0.2) is 133 Å². The number of fused-ring (bicyclic) bond motifs is 2. The molecule has 0 amide bonds. The topological polar surface area (TPSA) is 55.4 Å². The summed E-state index contributed by atoms with van der Waals surface area (Å²) in [5.74, 6) is 0.734. The summed E-state index contributed by atoms with van der Waals surface area (Å²) in [5, 5.41) is 6.83. The highest BCUT2D eigenvalue weighted by molar-refractivity contribution is 6.43. The van der Waals surface area contributed by atoms with Gasteiger partial charge in [-0.05, 0) is 108 Å². The normalized spacial score (nSPS) is 16.3. The van der Waals surface area contributed by atoms with Gasteiger partial charge in [-0.1, -0.05) is 189 Å². The first-order valence-electron chi connectivity index (χ1n) is 19.8. The van der Waals surface area contributed by atoms with E-state index in [1.54, 1.807) is 6.07 Å². The fourth-order valence-corrected chi connectivity index (χ4v) is 9.08. The van der Waals surface area contributed by atoms with Crippen LogP contribution in [-0.2, 0) is 9.53 Å². The average molecular weight is 969 g/mol. The first-order chi connectivity index (χ1) is 29.0. The van der Waals surface area contributed by atoms with E-state index in [1.165, 1.54) is 23.8 Å². The third-order valence-electron chi connectivity index (χ3n) is 11.2. The van der Waals surface area contributed by atoms with Gasteiger partial charge < -0.3 is 10.1 Å². The number of benzene rings is 6. The molecule has 6 aromatic rings. The van der Waals surface area contributed by atoms with Gasteiger partial charge in [-0.15, -0.1) is 0 Å². The molecule has 0 saturated heterocycles. The summed E-state index contributed by atoms with van der Waals surface area (Å²) in [7, 11) is 3.43. The van der Waals surface area contributed by atoms with Crippen LogP contribution in [0.1, 0.15) is 134 Å². The molecule has 0 fully saturated rings. The lowest BCUT2D eigenvalue weighted by atomic mass is 9.77. The summed E-state index contributed by atoms with van der Waals surface area (Å²) in [4.78, 5) is 23.4. The minimum absolute atomic E-state index is 0. The Labute approximate surface area is 405 Å². The minimum atomic E-state index is -0.212. The van der Waals surface area contributed by atoms with Crippen molar-refractivity contribution in [1.29, 1.82) is 0 Å². The first-order valence-corrected chi connectivity index (χ1v) is 22.1. The van der Waals surface area contributed by atoms with Crippen molar-refractivity contribution in [1.82, 2.24) is 5.32 Å². The second kappa shape index (κ2) is 25.6. The van der Waals surface area contributed by atoms with Gasteiger partial charge in [0.2, 0.25) is 0 Å². The molecular weight excluding hydrogens is 911 g/mol. The second-order valence-electron chi connectivity index (χ2n) is 14.8. The molecule has 0 heterocycles. The van der Waals surface area contributed by atoms with Gasteiger partial charge in [0.05, 0.1) is 37.2 Å². The Balaban J connectivity index is 0.000000246. The SMILES string of the molecule is C.C.C.CN[C@H]1CC[C@@H](c2ccc(Cl)c(Cl)c2)c2ccccc21.COC(=O)CC[C@H](c1ccccc1)c1ccc(Cl)c(Cl)c1.O=C1CC[C@@H](c2ccc(Cl)c(Cl)c2)c2ccccc21. The lowest BCUT2D eigenvalue weighted by Gasteiger charge is -2.32. The van der Waals surface area contributed by atoms with E-state index in [1.807, 2.05) is 104 Å². The third kappa shape index (κ3) is 13.6. The van der Waals surface area contributed by atoms with Crippen molar-refractivity contribution in [3.63, 3.8) is 0 Å². The van der Waals surface area contributed by atoms with Crippen LogP contribution in [-0.4, -0.2) is 25.9 Å². The molecule has 0 aliphatic heterocycles. The van der Waals surface area contributed by atoms with Crippen molar-refractivity contribution >= 4 is 81.4 Å². The lowest BCUT2D eigenvalue weighted by molar-refractivity contribution is -0.140. The van der Waals surface area contributed by atoms with E-state index in [9.17, 15) is 9.59 Å². The molecule has 0 spiro atoms. The number of ether oxygens (including phenoxy) is 1. The van der Waals surface area contributed by atoms with Gasteiger partial charge in [0.25, 0.3) is 0 Å². The number of esters is 1. The number of carbonyl (C=O) groups excluding carboxylic acids is 2. The fourth-order valence-electron chi connectivity index (χ4n) is 8.17. The number of ketones is 1. The summed E-state index contributed by atoms with van der Waals surface area (Å²) < 4.78 is 4.73. The van der Waals surface area contributed by atoms with Gasteiger partial charge in [-0.2, -0.15) is 0 Å². The standard InChI is InChI=1S/C17H17Cl2N.C17H16Cl2O2.C16H12Cl2O.3CH4/c1-20-17-9-7-12(13-4-2-3-5-14(13)17)11-6-8-15(18)16(19)10-11;1-21-17(20)10-8-14(12-5-3-2-4-6-12)13-7-9-15(18)16(19)11-13;17-14-7-5-10(9-15(14)18)11-6-8-16(19)13-4-2-1-3-12(11)13;;;/h2-6,8,10,12,17,20H,7,9H2,1H3;2-7,9,11,14H,8,10H2,1H3;1-5,7,9,11H,6,8H2;3*1H4/t12-,17-;14-;11-;;;/m010.../s1. The number of halogens is 6. The van der Waals surface area contributed by atoms with Crippen LogP contribution >= 0.6 is 69.6 Å². The van der Waals surface area contributed by atoms with Crippen LogP contribution in [0, 0.1) is 0 Å². The Hall–Kier alpha value is -3.84. The Morgan fingerprint density at radius 1 is 0.587 bits per heavy atom. The molecule has 63 heavy (non-hydrogen) atoms. The predicted octanol–water partition coefficient (Wildman–Crippen LogP) is 17.3. The van der Waals surface area contributed by atoms with E-state index in [2.05, 4.69) is 35.6 Å². The van der Waals surface area contributed by atoms with Gasteiger partial charge in [0, 0.05) is 42.2 Å². The minimum Gasteiger partial charge on any atom is -0.469 e. The lowest BCUT2D eigenvalue weighted by Crippen LogP contribution is -2.24. The summed E-state index contributed by atoms with van der Waals surface area (Å²) >= 11 is 36.3. The number of nitrogens with one attached hydrogen (secondary N) is 1. The van der Waals surface area contributed by atoms with E-state index in [0.29, 0.717) is 61.4 Å². The van der Waals surface area contributed by atoms with Crippen LogP contribution in [0.3, 0.4) is 0 Å². The van der Waals surface area contributed by atoms with Crippen molar-refractivity contribution in [2.24, 2.45) is 0 Å². The number of Topliss-reactive ketones (excluding diaryl/α,β-unsaturated/α-hetero) is 1. The van der Waals surface area contributed by atoms with Crippen molar-refractivity contribution in [3.8, 4) is 0 Å². The van der Waals surface area contributed by atoms with Crippen molar-refractivity contribution < 1.29 is 14.3 Å². The summed E-state index contributed by atoms with van der Waals surface area (Å²) in [6, 6.07) is 44.3. The second-order valence-corrected chi connectivity index (χ2v) is 17.2. The molecule has 0 unspecified atom stereocenters. The monoisotopic (exact) mass is 965 g/mol. The highest BCUT2D eigenvalue weighted by atomic mass is 35.5. The molecule has 4 nitrogen and oxygen atoms in total. The van der Waals surface area contributed by atoms with Gasteiger partial charge in [-0.25, -0.2) is 0 Å². The Morgan fingerprint density at radius 3 is 1.65 bits per heavy atom. The zero-order valence-corrected chi connectivity index (χ0v) is 37.8. The van der Waals surface area contributed by atoms with Gasteiger partial charge in [0.15, 0.2) is 5.78 Å². The molecule has 0 bridgehead atoms. The fraction of sp³-hybridized carbons (Fsp3) is 0.283. The highest BCUT2D eigenvalue weighted by Gasteiger charge is 2.28. The zero-order chi connectivity index (χ0) is 42.8. The third-order valence-corrected chi connectivity index (χ3v) is 13.5. The quantitative estimate of drug-likeness (QED) is 0.154. The van der Waals surface area contributed by atoms with Gasteiger partial charge in [0.1, 0.15) is 0 Å². The van der Waals surface area contributed by atoms with E-state index >= 15 is 0 Å². The number of hydrogen-bond acceptors (Lipinski definition) is 4. The molecule has 2 aliphatic carbocycles. The molecule has 6 aromatic carbocycles. The van der Waals surface area contributed by atoms with E-state index in [-0.39, 0.29) is 45.9 Å². The van der Waals surface area contributed by atoms with E-state index < -0.39 is 0 Å². The Kier molecular flexibility index (Phi) is 21.7. The molecule has 0 saturated carbocycles. The molecule has 1 N–H and O–H groups in total. The predicted molar refractivity (Wildman–Crippen MR) is 270 cm³/mol. The van der Waals surface area contributed by atoms with Crippen LogP contribution in [0.2, 0.25) is 30.1 Å². The van der Waals surface area contributed by atoms with Crippen LogP contribution < -0.4 is 5.32 Å². The molecule has 334 valence electrons. The number of carbonyl (C=O) groups is 2. The molecular formula is C53H57Cl6NO3. The number of hydrogen-bond donors (Lipinski definition) is 1. The highest BCUT2D eigenvalue weighted by Crippen LogP contribution is 2.43. The van der Waals surface area contributed by atoms with Crippen LogP contribution in [0.5, 0.6) is 0 Å². The molecule has 8 rings (SSSR count). The van der Waals surface area contributed by atoms with Gasteiger partial charge >= 0.3 is 5.97 Å². The van der Waals surface area contributed by atoms with E-state index in [4.69, 9.17) is 74.3 Å². The smallest absolute Gasteiger partial charge is 0.305 e. The van der Waals surface area contributed by atoms with Crippen molar-refractivity contribution in [2.45, 2.75) is 84.6 Å². The van der Waals surface area contributed by atoms with Crippen molar-refractivity contribution in [3.05, 3.63) is 208 Å². The summed E-state index contributed by atoms with van der Waals surface area (Å²) in [6.07, 6.45) is 4.69.